The Kier molecular flexibility index (Phi) is 1.98. The molecule has 0 amide bonds. The fourth-order valence-electron chi connectivity index (χ4n) is 1.30. The molecule has 3 heteroatoms. The Hall–Kier alpha value is -0.670. The van der Waals surface area contributed by atoms with Crippen molar-refractivity contribution in [2.75, 3.05) is 0 Å². The van der Waals surface area contributed by atoms with Gasteiger partial charge < -0.3 is 0 Å². The Morgan fingerprint density at radius 2 is 2.08 bits per heavy atom. The van der Waals surface area contributed by atoms with E-state index in [-0.39, 0.29) is 9.45 Å². The van der Waals surface area contributed by atoms with Crippen LogP contribution in [0.1, 0.15) is 12.5 Å². The molecule has 12 heavy (non-hydrogen) atoms. The highest BCUT2D eigenvalue weighted by atomic mass is 32.8. The van der Waals surface area contributed by atoms with Gasteiger partial charge in [0, 0.05) is 4.90 Å². The SMILES string of the molecule is CC1=Cc2ccccc2S1=S=O. The van der Waals surface area contributed by atoms with Gasteiger partial charge in [-0.05, 0) is 39.0 Å². The van der Waals surface area contributed by atoms with E-state index in [9.17, 15) is 4.21 Å². The van der Waals surface area contributed by atoms with Crippen molar-refractivity contribution < 1.29 is 4.21 Å². The average molecular weight is 196 g/mol. The zero-order valence-corrected chi connectivity index (χ0v) is 8.24. The monoisotopic (exact) mass is 196 g/mol. The lowest BCUT2D eigenvalue weighted by Gasteiger charge is -1.97. The van der Waals surface area contributed by atoms with Crippen LogP contribution in [0, 0.1) is 0 Å². The Morgan fingerprint density at radius 3 is 2.83 bits per heavy atom. The minimum absolute atomic E-state index is 0.232. The third kappa shape index (κ3) is 1.09. The third-order valence-corrected chi connectivity index (χ3v) is 5.18. The quantitative estimate of drug-likeness (QED) is 0.621. The van der Waals surface area contributed by atoms with E-state index in [4.69, 9.17) is 0 Å². The molecular weight excluding hydrogens is 188 g/mol. The molecule has 1 aromatic rings. The van der Waals surface area contributed by atoms with Gasteiger partial charge in [-0.3, -0.25) is 0 Å². The largest absolute Gasteiger partial charge is 0.205 e. The maximum Gasteiger partial charge on any atom is 0.130 e. The normalized spacial score (nSPS) is 20.1. The Labute approximate surface area is 76.8 Å². The van der Waals surface area contributed by atoms with Gasteiger partial charge in [-0.15, -0.1) is 0 Å². The summed E-state index contributed by atoms with van der Waals surface area (Å²) in [5, 5.41) is 0. The fourth-order valence-corrected chi connectivity index (χ4v) is 3.75. The molecule has 0 aliphatic carbocycles. The van der Waals surface area contributed by atoms with E-state index in [2.05, 4.69) is 12.1 Å². The molecule has 1 nitrogen and oxygen atoms in total. The summed E-state index contributed by atoms with van der Waals surface area (Å²) in [5.74, 6) is 0. The smallest absolute Gasteiger partial charge is 0.130 e. The Bertz CT molecular complexity index is 414. The van der Waals surface area contributed by atoms with Gasteiger partial charge in [0.15, 0.2) is 0 Å². The molecule has 0 N–H and O–H groups in total. The lowest BCUT2D eigenvalue weighted by atomic mass is 10.2. The summed E-state index contributed by atoms with van der Waals surface area (Å²) in [6.07, 6.45) is 2.10. The van der Waals surface area contributed by atoms with Crippen molar-refractivity contribution in [2.24, 2.45) is 0 Å². The molecule has 0 fully saturated rings. The van der Waals surface area contributed by atoms with Crippen molar-refractivity contribution in [3.05, 3.63) is 34.7 Å². The summed E-state index contributed by atoms with van der Waals surface area (Å²) in [6.45, 7) is 2.02. The highest BCUT2D eigenvalue weighted by Crippen LogP contribution is 2.28. The molecule has 1 aliphatic heterocycles. The first-order valence-corrected chi connectivity index (χ1v) is 6.13. The number of fused-ring (bicyclic) bond motifs is 1. The lowest BCUT2D eigenvalue weighted by molar-refractivity contribution is 0.701. The minimum Gasteiger partial charge on any atom is -0.205 e. The first-order valence-electron chi connectivity index (χ1n) is 3.65. The van der Waals surface area contributed by atoms with E-state index >= 15 is 0 Å². The summed E-state index contributed by atoms with van der Waals surface area (Å²) in [6, 6.07) is 8.09. The molecule has 1 atom stereocenters. The second kappa shape index (κ2) is 2.99. The van der Waals surface area contributed by atoms with Crippen LogP contribution in [0.2, 0.25) is 0 Å². The minimum atomic E-state index is -0.232. The van der Waals surface area contributed by atoms with Crippen LogP contribution in [-0.2, 0) is 19.7 Å². The van der Waals surface area contributed by atoms with E-state index < -0.39 is 0 Å². The number of hydrogen-bond acceptors (Lipinski definition) is 1. The van der Waals surface area contributed by atoms with Crippen molar-refractivity contribution in [2.45, 2.75) is 11.8 Å². The molecule has 0 aromatic heterocycles. The van der Waals surface area contributed by atoms with Gasteiger partial charge in [-0.25, -0.2) is 4.21 Å². The molecule has 0 spiro atoms. The number of allylic oxidation sites excluding steroid dienone is 1. The number of hydrogen-bond donors (Lipinski definition) is 0. The van der Waals surface area contributed by atoms with Crippen molar-refractivity contribution in [3.8, 4) is 0 Å². The lowest BCUT2D eigenvalue weighted by Crippen LogP contribution is -1.85. The van der Waals surface area contributed by atoms with Crippen LogP contribution in [0.25, 0.3) is 6.08 Å². The van der Waals surface area contributed by atoms with E-state index in [1.165, 1.54) is 15.4 Å². The summed E-state index contributed by atoms with van der Waals surface area (Å²) in [7, 11) is 0.461. The van der Waals surface area contributed by atoms with Crippen LogP contribution in [-0.4, -0.2) is 4.21 Å². The first kappa shape index (κ1) is 7.95. The van der Waals surface area contributed by atoms with Crippen LogP contribution >= 0.6 is 0 Å². The van der Waals surface area contributed by atoms with Crippen LogP contribution < -0.4 is 0 Å². The number of rotatable bonds is 0. The van der Waals surface area contributed by atoms with Gasteiger partial charge in [0.25, 0.3) is 0 Å². The molecule has 1 heterocycles. The third-order valence-electron chi connectivity index (χ3n) is 1.84. The molecule has 1 unspecified atom stereocenters. The zero-order valence-electron chi connectivity index (χ0n) is 6.61. The van der Waals surface area contributed by atoms with E-state index in [0.29, 0.717) is 10.2 Å². The molecule has 0 saturated heterocycles. The molecular formula is C9H8OS2. The molecule has 0 radical (unpaired) electrons. The predicted molar refractivity (Wildman–Crippen MR) is 53.9 cm³/mol. The summed E-state index contributed by atoms with van der Waals surface area (Å²) in [5.41, 5.74) is 1.21. The van der Waals surface area contributed by atoms with Gasteiger partial charge in [0.2, 0.25) is 0 Å². The van der Waals surface area contributed by atoms with Crippen molar-refractivity contribution >= 4 is 25.8 Å². The van der Waals surface area contributed by atoms with E-state index in [1.54, 1.807) is 0 Å². The van der Waals surface area contributed by atoms with Crippen LogP contribution in [0.4, 0.5) is 0 Å². The van der Waals surface area contributed by atoms with Gasteiger partial charge in [-0.2, -0.15) is 0 Å². The van der Waals surface area contributed by atoms with E-state index in [1.807, 2.05) is 25.1 Å². The second-order valence-corrected chi connectivity index (χ2v) is 5.80. The Morgan fingerprint density at radius 1 is 1.33 bits per heavy atom. The van der Waals surface area contributed by atoms with Crippen LogP contribution in [0.5, 0.6) is 0 Å². The maximum absolute atomic E-state index is 10.8. The van der Waals surface area contributed by atoms with Crippen molar-refractivity contribution in [3.63, 3.8) is 0 Å². The van der Waals surface area contributed by atoms with Crippen LogP contribution in [0.15, 0.2) is 34.1 Å². The first-order chi connectivity index (χ1) is 5.83. The predicted octanol–water partition coefficient (Wildman–Crippen LogP) is 2.17. The second-order valence-electron chi connectivity index (χ2n) is 2.63. The van der Waals surface area contributed by atoms with Gasteiger partial charge >= 0.3 is 0 Å². The molecule has 62 valence electrons. The summed E-state index contributed by atoms with van der Waals surface area (Å²) >= 11 is 0. The van der Waals surface area contributed by atoms with Gasteiger partial charge in [0.1, 0.15) is 10.2 Å². The molecule has 0 saturated carbocycles. The number of benzene rings is 1. The zero-order chi connectivity index (χ0) is 8.55. The van der Waals surface area contributed by atoms with Gasteiger partial charge in [0.05, 0.1) is 0 Å². The maximum atomic E-state index is 10.8. The highest BCUT2D eigenvalue weighted by Gasteiger charge is 2.13. The van der Waals surface area contributed by atoms with Crippen molar-refractivity contribution in [1.29, 1.82) is 0 Å². The van der Waals surface area contributed by atoms with Crippen molar-refractivity contribution in [1.82, 2.24) is 0 Å². The Balaban J connectivity index is 2.73. The fraction of sp³-hybridized carbons (Fsp3) is 0.111. The average Bonchev–Trinajstić information content (AvgIpc) is 2.40. The standard InChI is InChI=1S/C9H8OS2/c1-7-6-8-4-2-3-5-9(8)12(7)11-10/h2-6H,1H3. The molecule has 0 bridgehead atoms. The molecule has 1 aliphatic rings. The summed E-state index contributed by atoms with van der Waals surface area (Å²) < 4.78 is 10.8. The van der Waals surface area contributed by atoms with Crippen LogP contribution in [0.3, 0.4) is 0 Å². The van der Waals surface area contributed by atoms with E-state index in [0.717, 1.165) is 0 Å². The van der Waals surface area contributed by atoms with Gasteiger partial charge in [-0.1, -0.05) is 18.2 Å². The topological polar surface area (TPSA) is 17.1 Å². The molecule has 1 aromatic carbocycles. The summed E-state index contributed by atoms with van der Waals surface area (Å²) in [4.78, 5) is 2.38. The molecule has 2 rings (SSSR count). The highest BCUT2D eigenvalue weighted by molar-refractivity contribution is 8.33.